The summed E-state index contributed by atoms with van der Waals surface area (Å²) in [5.74, 6) is -1.17. The highest BCUT2D eigenvalue weighted by Crippen LogP contribution is 2.10. The number of rotatable bonds is 2. The molecule has 1 heterocycles. The van der Waals surface area contributed by atoms with E-state index in [1.807, 2.05) is 0 Å². The molecule has 0 unspecified atom stereocenters. The largest absolute Gasteiger partial charge is 0.310 e. The number of nitriles is 1. The first-order valence-electron chi connectivity index (χ1n) is 5.15. The van der Waals surface area contributed by atoms with Crippen LogP contribution in [0.2, 0.25) is 0 Å². The van der Waals surface area contributed by atoms with Crippen molar-refractivity contribution in [3.8, 4) is 6.07 Å². The Morgan fingerprint density at radius 2 is 2.06 bits per heavy atom. The molecule has 0 aliphatic carbocycles. The molecule has 0 saturated heterocycles. The van der Waals surface area contributed by atoms with E-state index in [1.165, 1.54) is 18.3 Å². The fourth-order valence-corrected chi connectivity index (χ4v) is 1.59. The summed E-state index contributed by atoms with van der Waals surface area (Å²) in [6, 6.07) is 7.67. The highest BCUT2D eigenvalue weighted by atomic mass is 19.1. The Morgan fingerprint density at radius 1 is 1.28 bits per heavy atom. The SMILES string of the molecule is N#Cc1cccn(Cc2cc(F)ccc2F)c1=O. The zero-order valence-electron chi connectivity index (χ0n) is 9.23. The Balaban J connectivity index is 2.44. The van der Waals surface area contributed by atoms with E-state index in [2.05, 4.69) is 0 Å². The fourth-order valence-electron chi connectivity index (χ4n) is 1.59. The van der Waals surface area contributed by atoms with Crippen LogP contribution >= 0.6 is 0 Å². The summed E-state index contributed by atoms with van der Waals surface area (Å²) in [4.78, 5) is 11.7. The molecule has 0 N–H and O–H groups in total. The second-order valence-corrected chi connectivity index (χ2v) is 3.70. The molecule has 2 aromatic rings. The molecule has 0 spiro atoms. The predicted octanol–water partition coefficient (Wildman–Crippen LogP) is 2.05. The Kier molecular flexibility index (Phi) is 3.20. The molecular formula is C13H8F2N2O. The molecule has 0 amide bonds. The van der Waals surface area contributed by atoms with Crippen LogP contribution in [-0.2, 0) is 6.54 Å². The Bertz CT molecular complexity index is 686. The minimum atomic E-state index is -0.592. The predicted molar refractivity (Wildman–Crippen MR) is 60.9 cm³/mol. The van der Waals surface area contributed by atoms with Crippen LogP contribution in [0.5, 0.6) is 0 Å². The maximum Gasteiger partial charge on any atom is 0.268 e. The molecule has 0 bridgehead atoms. The highest BCUT2D eigenvalue weighted by molar-refractivity contribution is 5.26. The first-order valence-corrected chi connectivity index (χ1v) is 5.15. The van der Waals surface area contributed by atoms with Crippen molar-refractivity contribution >= 4 is 0 Å². The second-order valence-electron chi connectivity index (χ2n) is 3.70. The van der Waals surface area contributed by atoms with Crippen LogP contribution < -0.4 is 5.56 Å². The molecule has 0 radical (unpaired) electrons. The van der Waals surface area contributed by atoms with Crippen molar-refractivity contribution in [3.05, 3.63) is 69.6 Å². The van der Waals surface area contributed by atoms with Crippen LogP contribution in [0.1, 0.15) is 11.1 Å². The van der Waals surface area contributed by atoms with Gasteiger partial charge >= 0.3 is 0 Å². The normalized spacial score (nSPS) is 10.1. The fraction of sp³-hybridized carbons (Fsp3) is 0.0769. The van der Waals surface area contributed by atoms with Crippen LogP contribution in [0.4, 0.5) is 8.78 Å². The van der Waals surface area contributed by atoms with Gasteiger partial charge in [-0.1, -0.05) is 0 Å². The monoisotopic (exact) mass is 246 g/mol. The first kappa shape index (κ1) is 12.0. The van der Waals surface area contributed by atoms with Gasteiger partial charge in [-0.2, -0.15) is 5.26 Å². The molecule has 2 rings (SSSR count). The van der Waals surface area contributed by atoms with Crippen molar-refractivity contribution in [3.63, 3.8) is 0 Å². The van der Waals surface area contributed by atoms with Crippen molar-refractivity contribution in [2.45, 2.75) is 6.54 Å². The lowest BCUT2D eigenvalue weighted by Crippen LogP contribution is -2.22. The van der Waals surface area contributed by atoms with Crippen molar-refractivity contribution in [1.29, 1.82) is 5.26 Å². The van der Waals surface area contributed by atoms with Crippen molar-refractivity contribution < 1.29 is 8.78 Å². The van der Waals surface area contributed by atoms with Crippen LogP contribution in [0.25, 0.3) is 0 Å². The molecule has 5 heteroatoms. The number of aromatic nitrogens is 1. The standard InChI is InChI=1S/C13H8F2N2O/c14-11-3-4-12(15)10(6-11)8-17-5-1-2-9(7-16)13(17)18/h1-6H,8H2. The minimum absolute atomic E-state index is 0.0330. The average molecular weight is 246 g/mol. The third-order valence-corrected chi connectivity index (χ3v) is 2.49. The maximum atomic E-state index is 13.4. The molecular weight excluding hydrogens is 238 g/mol. The van der Waals surface area contributed by atoms with Crippen LogP contribution in [0.3, 0.4) is 0 Å². The van der Waals surface area contributed by atoms with Crippen LogP contribution in [0, 0.1) is 23.0 Å². The summed E-state index contributed by atoms with van der Waals surface area (Å²) in [6.07, 6.45) is 1.42. The molecule has 0 fully saturated rings. The van der Waals surface area contributed by atoms with E-state index in [-0.39, 0.29) is 17.7 Å². The van der Waals surface area contributed by atoms with E-state index in [9.17, 15) is 13.6 Å². The lowest BCUT2D eigenvalue weighted by atomic mass is 10.2. The average Bonchev–Trinajstić information content (AvgIpc) is 2.36. The number of nitrogens with zero attached hydrogens (tertiary/aromatic N) is 2. The van der Waals surface area contributed by atoms with Gasteiger partial charge in [0.1, 0.15) is 23.3 Å². The van der Waals surface area contributed by atoms with Crippen molar-refractivity contribution in [2.75, 3.05) is 0 Å². The van der Waals surface area contributed by atoms with Gasteiger partial charge in [-0.25, -0.2) is 8.78 Å². The van der Waals surface area contributed by atoms with Gasteiger partial charge in [-0.05, 0) is 30.3 Å². The number of halogens is 2. The lowest BCUT2D eigenvalue weighted by Gasteiger charge is -2.07. The molecule has 18 heavy (non-hydrogen) atoms. The van der Waals surface area contributed by atoms with Gasteiger partial charge < -0.3 is 4.57 Å². The summed E-state index contributed by atoms with van der Waals surface area (Å²) >= 11 is 0. The summed E-state index contributed by atoms with van der Waals surface area (Å²) < 4.78 is 27.6. The van der Waals surface area contributed by atoms with E-state index in [0.29, 0.717) is 0 Å². The third kappa shape index (κ3) is 2.28. The number of benzene rings is 1. The van der Waals surface area contributed by atoms with Gasteiger partial charge in [0, 0.05) is 11.8 Å². The summed E-state index contributed by atoms with van der Waals surface area (Å²) in [5, 5.41) is 8.71. The summed E-state index contributed by atoms with van der Waals surface area (Å²) in [7, 11) is 0. The molecule has 90 valence electrons. The van der Waals surface area contributed by atoms with Crippen LogP contribution in [-0.4, -0.2) is 4.57 Å². The van der Waals surface area contributed by atoms with E-state index >= 15 is 0 Å². The Morgan fingerprint density at radius 3 is 2.78 bits per heavy atom. The number of hydrogen-bond donors (Lipinski definition) is 0. The Labute approximate surface area is 102 Å². The Hall–Kier alpha value is -2.48. The zero-order valence-corrected chi connectivity index (χ0v) is 9.23. The lowest BCUT2D eigenvalue weighted by molar-refractivity contribution is 0.574. The summed E-state index contributed by atoms with van der Waals surface area (Å²) in [5.41, 5.74) is -0.495. The summed E-state index contributed by atoms with van der Waals surface area (Å²) in [6.45, 7) is -0.113. The van der Waals surface area contributed by atoms with Gasteiger partial charge in [0.05, 0.1) is 6.54 Å². The molecule has 3 nitrogen and oxygen atoms in total. The van der Waals surface area contributed by atoms with Gasteiger partial charge in [0.15, 0.2) is 0 Å². The molecule has 1 aromatic heterocycles. The molecule has 1 aromatic carbocycles. The topological polar surface area (TPSA) is 45.8 Å². The first-order chi connectivity index (χ1) is 8.61. The van der Waals surface area contributed by atoms with E-state index in [1.54, 1.807) is 6.07 Å². The van der Waals surface area contributed by atoms with Gasteiger partial charge in [-0.15, -0.1) is 0 Å². The molecule has 0 aliphatic heterocycles. The zero-order chi connectivity index (χ0) is 13.1. The molecule has 0 atom stereocenters. The van der Waals surface area contributed by atoms with Gasteiger partial charge in [-0.3, -0.25) is 4.79 Å². The quantitative estimate of drug-likeness (QED) is 0.814. The van der Waals surface area contributed by atoms with Gasteiger partial charge in [0.2, 0.25) is 0 Å². The molecule has 0 saturated carbocycles. The van der Waals surface area contributed by atoms with Gasteiger partial charge in [0.25, 0.3) is 5.56 Å². The smallest absolute Gasteiger partial charge is 0.268 e. The van der Waals surface area contributed by atoms with E-state index < -0.39 is 17.2 Å². The highest BCUT2D eigenvalue weighted by Gasteiger charge is 2.07. The number of pyridine rings is 1. The van der Waals surface area contributed by atoms with E-state index in [4.69, 9.17) is 5.26 Å². The number of hydrogen-bond acceptors (Lipinski definition) is 2. The van der Waals surface area contributed by atoms with E-state index in [0.717, 1.165) is 22.8 Å². The van der Waals surface area contributed by atoms with Crippen molar-refractivity contribution in [1.82, 2.24) is 4.57 Å². The van der Waals surface area contributed by atoms with Crippen molar-refractivity contribution in [2.24, 2.45) is 0 Å². The second kappa shape index (κ2) is 4.80. The maximum absolute atomic E-state index is 13.4. The van der Waals surface area contributed by atoms with Crippen LogP contribution in [0.15, 0.2) is 41.3 Å². The minimum Gasteiger partial charge on any atom is -0.310 e. The third-order valence-electron chi connectivity index (χ3n) is 2.49. The molecule has 0 aliphatic rings.